The monoisotopic (exact) mass is 210 g/mol. The van der Waals surface area contributed by atoms with Gasteiger partial charge in [-0.1, -0.05) is 0 Å². The molecule has 1 aliphatic heterocycles. The summed E-state index contributed by atoms with van der Waals surface area (Å²) >= 11 is 0. The zero-order valence-electron chi connectivity index (χ0n) is 8.02. The first-order chi connectivity index (χ1) is 7.00. The van der Waals surface area contributed by atoms with Crippen LogP contribution in [0.3, 0.4) is 0 Å². The van der Waals surface area contributed by atoms with Crippen molar-refractivity contribution in [1.82, 2.24) is 0 Å². The maximum atomic E-state index is 11.4. The summed E-state index contributed by atoms with van der Waals surface area (Å²) in [7, 11) is 0. The topological polar surface area (TPSA) is 87.0 Å². The van der Waals surface area contributed by atoms with Crippen LogP contribution in [0.2, 0.25) is 0 Å². The van der Waals surface area contributed by atoms with E-state index in [4.69, 9.17) is 4.74 Å². The van der Waals surface area contributed by atoms with E-state index >= 15 is 0 Å². The number of phenolic OH excluding ortho intramolecular Hbond substituents is 3. The fraction of sp³-hybridized carbons (Fsp3) is 0.300. The Kier molecular flexibility index (Phi) is 1.96. The fourth-order valence-corrected chi connectivity index (χ4v) is 1.68. The quantitative estimate of drug-likeness (QED) is 0.336. The summed E-state index contributed by atoms with van der Waals surface area (Å²) in [6.45, 7) is 1.68. The molecule has 0 radical (unpaired) electrons. The van der Waals surface area contributed by atoms with Crippen molar-refractivity contribution in [3.8, 4) is 17.2 Å². The van der Waals surface area contributed by atoms with Crippen LogP contribution in [-0.2, 0) is 11.2 Å². The van der Waals surface area contributed by atoms with Crippen molar-refractivity contribution in [3.63, 3.8) is 0 Å². The lowest BCUT2D eigenvalue weighted by Crippen LogP contribution is -2.25. The van der Waals surface area contributed by atoms with E-state index in [0.717, 1.165) is 6.07 Å². The Bertz CT molecular complexity index is 438. The maximum Gasteiger partial charge on any atom is 0.342 e. The third-order valence-electron chi connectivity index (χ3n) is 2.37. The molecule has 0 aromatic heterocycles. The van der Waals surface area contributed by atoms with Crippen molar-refractivity contribution < 1.29 is 24.9 Å². The third-order valence-corrected chi connectivity index (χ3v) is 2.37. The lowest BCUT2D eigenvalue weighted by atomic mass is 9.97. The first kappa shape index (κ1) is 9.64. The number of carbonyl (C=O) groups excluding carboxylic acids is 1. The highest BCUT2D eigenvalue weighted by Crippen LogP contribution is 2.40. The molecule has 1 heterocycles. The molecule has 1 aromatic rings. The smallest absolute Gasteiger partial charge is 0.342 e. The van der Waals surface area contributed by atoms with Crippen LogP contribution >= 0.6 is 0 Å². The van der Waals surface area contributed by atoms with Crippen molar-refractivity contribution in [3.05, 3.63) is 17.2 Å². The van der Waals surface area contributed by atoms with E-state index < -0.39 is 17.5 Å². The van der Waals surface area contributed by atoms with E-state index in [1.165, 1.54) is 0 Å². The van der Waals surface area contributed by atoms with Gasteiger partial charge in [0.25, 0.3) is 0 Å². The molecule has 0 saturated heterocycles. The molecule has 5 heteroatoms. The Labute approximate surface area is 85.5 Å². The van der Waals surface area contributed by atoms with Gasteiger partial charge in [0.15, 0.2) is 11.5 Å². The standard InChI is InChI=1S/C10H10O5/c1-4-2-5-6(11)3-7(12)9(13)8(5)10(14)15-4/h3-4,11-13H,2H2,1H3. The number of cyclic esters (lactones) is 1. The van der Waals surface area contributed by atoms with Gasteiger partial charge in [0.05, 0.1) is 0 Å². The second-order valence-electron chi connectivity index (χ2n) is 3.54. The van der Waals surface area contributed by atoms with E-state index in [2.05, 4.69) is 0 Å². The molecule has 1 aliphatic rings. The third kappa shape index (κ3) is 1.36. The summed E-state index contributed by atoms with van der Waals surface area (Å²) in [5.74, 6) is -2.01. The number of benzene rings is 1. The van der Waals surface area contributed by atoms with Crippen LogP contribution in [0.15, 0.2) is 6.07 Å². The van der Waals surface area contributed by atoms with E-state index in [-0.39, 0.29) is 17.4 Å². The van der Waals surface area contributed by atoms with Gasteiger partial charge in [0.1, 0.15) is 17.4 Å². The molecular weight excluding hydrogens is 200 g/mol. The second-order valence-corrected chi connectivity index (χ2v) is 3.54. The Morgan fingerprint density at radius 1 is 1.33 bits per heavy atom. The lowest BCUT2D eigenvalue weighted by molar-refractivity contribution is 0.0293. The number of rotatable bonds is 0. The molecular formula is C10H10O5. The number of aromatic hydroxyl groups is 3. The number of fused-ring (bicyclic) bond motifs is 1. The summed E-state index contributed by atoms with van der Waals surface area (Å²) in [6.07, 6.45) is -0.0272. The Morgan fingerprint density at radius 2 is 2.00 bits per heavy atom. The van der Waals surface area contributed by atoms with Crippen LogP contribution in [0.1, 0.15) is 22.8 Å². The zero-order valence-corrected chi connectivity index (χ0v) is 8.02. The normalized spacial score (nSPS) is 19.5. The van der Waals surface area contributed by atoms with E-state index in [1.54, 1.807) is 6.92 Å². The van der Waals surface area contributed by atoms with Crippen molar-refractivity contribution in [2.24, 2.45) is 0 Å². The molecule has 1 atom stereocenters. The van der Waals surface area contributed by atoms with Crippen molar-refractivity contribution in [2.45, 2.75) is 19.4 Å². The molecule has 0 bridgehead atoms. The predicted octanol–water partition coefficient (Wildman–Crippen LogP) is 0.905. The molecule has 1 unspecified atom stereocenters. The zero-order chi connectivity index (χ0) is 11.2. The summed E-state index contributed by atoms with van der Waals surface area (Å²) in [5.41, 5.74) is 0.166. The van der Waals surface area contributed by atoms with Crippen molar-refractivity contribution in [1.29, 1.82) is 0 Å². The number of hydrogen-bond acceptors (Lipinski definition) is 5. The van der Waals surface area contributed by atoms with Gasteiger partial charge in [-0.25, -0.2) is 4.79 Å². The van der Waals surface area contributed by atoms with Gasteiger partial charge in [-0.05, 0) is 6.92 Å². The SMILES string of the molecule is CC1Cc2c(O)cc(O)c(O)c2C(=O)O1. The average molecular weight is 210 g/mol. The van der Waals surface area contributed by atoms with Crippen molar-refractivity contribution >= 4 is 5.97 Å². The number of esters is 1. The highest BCUT2D eigenvalue weighted by molar-refractivity contribution is 5.97. The highest BCUT2D eigenvalue weighted by Gasteiger charge is 2.30. The molecule has 0 fully saturated rings. The van der Waals surface area contributed by atoms with Gasteiger partial charge in [-0.15, -0.1) is 0 Å². The highest BCUT2D eigenvalue weighted by atomic mass is 16.5. The minimum Gasteiger partial charge on any atom is -0.507 e. The van der Waals surface area contributed by atoms with E-state index in [9.17, 15) is 20.1 Å². The molecule has 0 spiro atoms. The molecule has 5 nitrogen and oxygen atoms in total. The molecule has 80 valence electrons. The lowest BCUT2D eigenvalue weighted by Gasteiger charge is -2.23. The van der Waals surface area contributed by atoms with Gasteiger partial charge in [-0.2, -0.15) is 0 Å². The Morgan fingerprint density at radius 3 is 2.67 bits per heavy atom. The number of carbonyl (C=O) groups is 1. The molecule has 15 heavy (non-hydrogen) atoms. The fourth-order valence-electron chi connectivity index (χ4n) is 1.68. The number of ether oxygens (including phenoxy) is 1. The molecule has 3 N–H and O–H groups in total. The first-order valence-corrected chi connectivity index (χ1v) is 4.48. The number of hydrogen-bond donors (Lipinski definition) is 3. The van der Waals surface area contributed by atoms with Crippen LogP contribution in [0.4, 0.5) is 0 Å². The van der Waals surface area contributed by atoms with Crippen LogP contribution in [0.25, 0.3) is 0 Å². The summed E-state index contributed by atoms with van der Waals surface area (Å²) < 4.78 is 4.88. The van der Waals surface area contributed by atoms with E-state index in [0.29, 0.717) is 12.0 Å². The largest absolute Gasteiger partial charge is 0.507 e. The maximum absolute atomic E-state index is 11.4. The van der Waals surface area contributed by atoms with Crippen LogP contribution in [0, 0.1) is 0 Å². The summed E-state index contributed by atoms with van der Waals surface area (Å²) in [5, 5.41) is 28.2. The minimum absolute atomic E-state index is 0.148. The van der Waals surface area contributed by atoms with Gasteiger partial charge in [-0.3, -0.25) is 0 Å². The minimum atomic E-state index is -0.729. The number of phenols is 3. The van der Waals surface area contributed by atoms with Crippen LogP contribution in [-0.4, -0.2) is 27.4 Å². The van der Waals surface area contributed by atoms with Crippen LogP contribution < -0.4 is 0 Å². The van der Waals surface area contributed by atoms with Gasteiger partial charge in [0.2, 0.25) is 0 Å². The molecule has 1 aromatic carbocycles. The average Bonchev–Trinajstić information content (AvgIpc) is 2.13. The van der Waals surface area contributed by atoms with E-state index in [1.807, 2.05) is 0 Å². The Balaban J connectivity index is 2.69. The van der Waals surface area contributed by atoms with Gasteiger partial charge < -0.3 is 20.1 Å². The summed E-state index contributed by atoms with van der Waals surface area (Å²) in [4.78, 5) is 11.4. The summed E-state index contributed by atoms with van der Waals surface area (Å²) in [6, 6.07) is 1.01. The van der Waals surface area contributed by atoms with Crippen molar-refractivity contribution in [2.75, 3.05) is 0 Å². The van der Waals surface area contributed by atoms with Crippen LogP contribution in [0.5, 0.6) is 17.2 Å². The molecule has 0 amide bonds. The second kappa shape index (κ2) is 3.05. The predicted molar refractivity (Wildman–Crippen MR) is 50.0 cm³/mol. The molecule has 2 rings (SSSR count). The first-order valence-electron chi connectivity index (χ1n) is 4.48. The molecule has 0 saturated carbocycles. The molecule has 0 aliphatic carbocycles. The van der Waals surface area contributed by atoms with Gasteiger partial charge in [0, 0.05) is 18.1 Å². The Hall–Kier alpha value is -1.91. The van der Waals surface area contributed by atoms with Gasteiger partial charge >= 0.3 is 5.97 Å².